The van der Waals surface area contributed by atoms with E-state index in [1.54, 1.807) is 6.92 Å². The molecule has 0 fully saturated rings. The molecule has 0 saturated carbocycles. The molecule has 0 atom stereocenters. The number of aryl methyl sites for hydroxylation is 1. The van der Waals surface area contributed by atoms with Gasteiger partial charge in [0.25, 0.3) is 5.56 Å². The molecule has 1 aromatic heterocycles. The lowest BCUT2D eigenvalue weighted by molar-refractivity contribution is -0.137. The van der Waals surface area contributed by atoms with Crippen molar-refractivity contribution in [3.63, 3.8) is 0 Å². The molecule has 1 N–H and O–H groups in total. The van der Waals surface area contributed by atoms with Crippen LogP contribution < -0.4 is 5.56 Å². The fraction of sp³-hybridized carbons (Fsp3) is 0.286. The number of rotatable bonds is 2. The minimum Gasteiger partial charge on any atom is -0.306 e. The number of halogens is 3. The van der Waals surface area contributed by atoms with Crippen LogP contribution >= 0.6 is 0 Å². The third-order valence-electron chi connectivity index (χ3n) is 3.06. The van der Waals surface area contributed by atoms with E-state index in [1.807, 2.05) is 6.92 Å². The Labute approximate surface area is 113 Å². The normalized spacial score (nSPS) is 11.7. The molecular weight excluding hydrogens is 269 g/mol. The standard InChI is InChI=1S/C14H13F3N2O/c1-3-11-8(2)18-12(19-13(11)20)9-4-6-10(7-5-9)14(15,16)17/h4-7H,3H2,1-2H3,(H,18,19,20). The summed E-state index contributed by atoms with van der Waals surface area (Å²) in [4.78, 5) is 18.6. The number of aromatic nitrogens is 2. The van der Waals surface area contributed by atoms with Crippen molar-refractivity contribution in [2.24, 2.45) is 0 Å². The van der Waals surface area contributed by atoms with Crippen LogP contribution in [0.4, 0.5) is 13.2 Å². The van der Waals surface area contributed by atoms with Gasteiger partial charge in [-0.1, -0.05) is 19.1 Å². The van der Waals surface area contributed by atoms with Crippen LogP contribution in [-0.4, -0.2) is 9.97 Å². The zero-order valence-corrected chi connectivity index (χ0v) is 11.0. The summed E-state index contributed by atoms with van der Waals surface area (Å²) in [5, 5.41) is 0. The van der Waals surface area contributed by atoms with Crippen molar-refractivity contribution in [3.05, 3.63) is 51.4 Å². The lowest BCUT2D eigenvalue weighted by Crippen LogP contribution is -2.16. The summed E-state index contributed by atoms with van der Waals surface area (Å²) in [5.74, 6) is 0.276. The molecule has 3 nitrogen and oxygen atoms in total. The van der Waals surface area contributed by atoms with Gasteiger partial charge in [-0.25, -0.2) is 4.98 Å². The van der Waals surface area contributed by atoms with E-state index in [4.69, 9.17) is 0 Å². The molecule has 0 aliphatic rings. The molecule has 0 spiro atoms. The fourth-order valence-corrected chi connectivity index (χ4v) is 1.98. The Bertz CT molecular complexity index is 672. The number of H-pyrrole nitrogens is 1. The first kappa shape index (κ1) is 14.3. The second-order valence-electron chi connectivity index (χ2n) is 4.41. The second-order valence-corrected chi connectivity index (χ2v) is 4.41. The first-order chi connectivity index (χ1) is 9.32. The number of hydrogen-bond acceptors (Lipinski definition) is 2. The third kappa shape index (κ3) is 2.74. The van der Waals surface area contributed by atoms with Crippen LogP contribution in [0.25, 0.3) is 11.4 Å². The summed E-state index contributed by atoms with van der Waals surface area (Å²) in [6.45, 7) is 3.55. The van der Waals surface area contributed by atoms with Crippen LogP contribution in [0.3, 0.4) is 0 Å². The van der Waals surface area contributed by atoms with Gasteiger partial charge < -0.3 is 4.98 Å². The smallest absolute Gasteiger partial charge is 0.306 e. The molecule has 1 aromatic carbocycles. The Morgan fingerprint density at radius 1 is 1.20 bits per heavy atom. The van der Waals surface area contributed by atoms with E-state index < -0.39 is 11.7 Å². The van der Waals surface area contributed by atoms with Crippen LogP contribution in [0, 0.1) is 6.92 Å². The first-order valence-electron chi connectivity index (χ1n) is 6.10. The largest absolute Gasteiger partial charge is 0.416 e. The quantitative estimate of drug-likeness (QED) is 0.918. The van der Waals surface area contributed by atoms with Crippen LogP contribution in [0.5, 0.6) is 0 Å². The predicted octanol–water partition coefficient (Wildman–Crippen LogP) is 3.33. The highest BCUT2D eigenvalue weighted by atomic mass is 19.4. The molecule has 0 aliphatic heterocycles. The van der Waals surface area contributed by atoms with Gasteiger partial charge in [-0.05, 0) is 25.5 Å². The minimum atomic E-state index is -4.37. The topological polar surface area (TPSA) is 45.8 Å². The van der Waals surface area contributed by atoms with Gasteiger partial charge in [0.2, 0.25) is 0 Å². The number of nitrogens with one attached hydrogen (secondary N) is 1. The summed E-state index contributed by atoms with van der Waals surface area (Å²) in [6, 6.07) is 4.54. The highest BCUT2D eigenvalue weighted by Crippen LogP contribution is 2.30. The van der Waals surface area contributed by atoms with Gasteiger partial charge in [0.05, 0.1) is 5.56 Å². The van der Waals surface area contributed by atoms with E-state index in [0.717, 1.165) is 12.1 Å². The third-order valence-corrected chi connectivity index (χ3v) is 3.06. The molecule has 2 rings (SSSR count). The van der Waals surface area contributed by atoms with Crippen LogP contribution in [0.15, 0.2) is 29.1 Å². The lowest BCUT2D eigenvalue weighted by atomic mass is 10.1. The molecule has 2 aromatic rings. The summed E-state index contributed by atoms with van der Waals surface area (Å²) < 4.78 is 37.4. The lowest BCUT2D eigenvalue weighted by Gasteiger charge is -2.08. The average molecular weight is 282 g/mol. The van der Waals surface area contributed by atoms with E-state index in [-0.39, 0.29) is 11.4 Å². The van der Waals surface area contributed by atoms with Gasteiger partial charge in [-0.15, -0.1) is 0 Å². The molecule has 106 valence electrons. The average Bonchev–Trinajstić information content (AvgIpc) is 2.37. The maximum Gasteiger partial charge on any atom is 0.416 e. The van der Waals surface area contributed by atoms with E-state index in [2.05, 4.69) is 9.97 Å². The van der Waals surface area contributed by atoms with Gasteiger partial charge in [0, 0.05) is 16.8 Å². The number of benzene rings is 1. The summed E-state index contributed by atoms with van der Waals surface area (Å²) in [5.41, 5.74) is 0.632. The highest BCUT2D eigenvalue weighted by Gasteiger charge is 2.30. The Kier molecular flexibility index (Phi) is 3.65. The molecule has 0 bridgehead atoms. The first-order valence-corrected chi connectivity index (χ1v) is 6.10. The van der Waals surface area contributed by atoms with Crippen molar-refractivity contribution in [2.75, 3.05) is 0 Å². The van der Waals surface area contributed by atoms with E-state index in [1.165, 1.54) is 12.1 Å². The minimum absolute atomic E-state index is 0.255. The summed E-state index contributed by atoms with van der Waals surface area (Å²) >= 11 is 0. The van der Waals surface area contributed by atoms with E-state index in [9.17, 15) is 18.0 Å². The molecule has 0 aliphatic carbocycles. The van der Waals surface area contributed by atoms with Gasteiger partial charge in [-0.3, -0.25) is 4.79 Å². The highest BCUT2D eigenvalue weighted by molar-refractivity contribution is 5.55. The predicted molar refractivity (Wildman–Crippen MR) is 69.4 cm³/mol. The monoisotopic (exact) mass is 282 g/mol. The van der Waals surface area contributed by atoms with Crippen LogP contribution in [-0.2, 0) is 12.6 Å². The molecule has 0 radical (unpaired) electrons. The Balaban J connectivity index is 2.45. The number of alkyl halides is 3. The summed E-state index contributed by atoms with van der Waals surface area (Å²) in [6.07, 6.45) is -3.82. The van der Waals surface area contributed by atoms with Crippen molar-refractivity contribution in [1.29, 1.82) is 0 Å². The van der Waals surface area contributed by atoms with Crippen molar-refractivity contribution >= 4 is 0 Å². The summed E-state index contributed by atoms with van der Waals surface area (Å²) in [7, 11) is 0. The second kappa shape index (κ2) is 5.11. The maximum absolute atomic E-state index is 12.5. The van der Waals surface area contributed by atoms with Gasteiger partial charge in [0.1, 0.15) is 5.82 Å². The van der Waals surface area contributed by atoms with Gasteiger partial charge in [0.15, 0.2) is 0 Å². The van der Waals surface area contributed by atoms with Gasteiger partial charge in [-0.2, -0.15) is 13.2 Å². The van der Waals surface area contributed by atoms with Crippen LogP contribution in [0.1, 0.15) is 23.7 Å². The maximum atomic E-state index is 12.5. The molecular formula is C14H13F3N2O. The number of hydrogen-bond donors (Lipinski definition) is 1. The van der Waals surface area contributed by atoms with E-state index >= 15 is 0 Å². The Hall–Kier alpha value is -2.11. The fourth-order valence-electron chi connectivity index (χ4n) is 1.98. The molecule has 6 heteroatoms. The molecule has 1 heterocycles. The molecule has 0 saturated heterocycles. The molecule has 0 amide bonds. The van der Waals surface area contributed by atoms with Crippen molar-refractivity contribution in [2.45, 2.75) is 26.4 Å². The van der Waals surface area contributed by atoms with Gasteiger partial charge >= 0.3 is 6.18 Å². The Morgan fingerprint density at radius 3 is 2.25 bits per heavy atom. The van der Waals surface area contributed by atoms with Crippen molar-refractivity contribution in [1.82, 2.24) is 9.97 Å². The van der Waals surface area contributed by atoms with Crippen molar-refractivity contribution < 1.29 is 13.2 Å². The van der Waals surface area contributed by atoms with Crippen LogP contribution in [0.2, 0.25) is 0 Å². The van der Waals surface area contributed by atoms with Crippen molar-refractivity contribution in [3.8, 4) is 11.4 Å². The van der Waals surface area contributed by atoms with E-state index in [0.29, 0.717) is 23.2 Å². The number of aromatic amines is 1. The Morgan fingerprint density at radius 2 is 1.80 bits per heavy atom. The molecule has 0 unspecified atom stereocenters. The SMILES string of the molecule is CCc1c(C)nc(-c2ccc(C(F)(F)F)cc2)[nH]c1=O. The number of nitrogens with zero attached hydrogens (tertiary/aromatic N) is 1. The molecule has 20 heavy (non-hydrogen) atoms. The zero-order chi connectivity index (χ0) is 14.9. The zero-order valence-electron chi connectivity index (χ0n) is 11.0.